The second-order valence-electron chi connectivity index (χ2n) is 3.57. The van der Waals surface area contributed by atoms with E-state index >= 15 is 0 Å². The summed E-state index contributed by atoms with van der Waals surface area (Å²) in [6, 6.07) is 0. The molecule has 2 heterocycles. The zero-order chi connectivity index (χ0) is 11.9. The van der Waals surface area contributed by atoms with Crippen molar-refractivity contribution in [1.82, 2.24) is 19.6 Å². The number of carboxylic acids is 1. The smallest absolute Gasteiger partial charge is 0.375 e. The summed E-state index contributed by atoms with van der Waals surface area (Å²) in [4.78, 5) is 18.8. The minimum absolute atomic E-state index is 0.219. The molecule has 0 aliphatic rings. The quantitative estimate of drug-likeness (QED) is 0.816. The van der Waals surface area contributed by atoms with E-state index in [0.29, 0.717) is 5.78 Å². The van der Waals surface area contributed by atoms with Crippen molar-refractivity contribution in [2.45, 2.75) is 27.2 Å². The minimum atomic E-state index is -1.14. The van der Waals surface area contributed by atoms with Crippen LogP contribution >= 0.6 is 0 Å². The van der Waals surface area contributed by atoms with E-state index in [2.05, 4.69) is 15.1 Å². The number of carboxylic acid groups (broad SMARTS) is 1. The molecule has 0 atom stereocenters. The summed E-state index contributed by atoms with van der Waals surface area (Å²) < 4.78 is 1.48. The van der Waals surface area contributed by atoms with Crippen LogP contribution in [0.4, 0.5) is 0 Å². The molecule has 16 heavy (non-hydrogen) atoms. The molecule has 0 amide bonds. The monoisotopic (exact) mass is 220 g/mol. The van der Waals surface area contributed by atoms with Gasteiger partial charge in [0, 0.05) is 11.4 Å². The Bertz CT molecular complexity index is 574. The van der Waals surface area contributed by atoms with Gasteiger partial charge >= 0.3 is 5.97 Å². The number of rotatable bonds is 2. The Morgan fingerprint density at radius 1 is 1.38 bits per heavy atom. The maximum absolute atomic E-state index is 10.8. The highest BCUT2D eigenvalue weighted by atomic mass is 16.4. The third kappa shape index (κ3) is 1.42. The molecule has 2 aromatic rings. The van der Waals surface area contributed by atoms with Crippen LogP contribution in [0.5, 0.6) is 0 Å². The second kappa shape index (κ2) is 3.55. The topological polar surface area (TPSA) is 80.4 Å². The average Bonchev–Trinajstić information content (AvgIpc) is 2.62. The molecule has 2 rings (SSSR count). The van der Waals surface area contributed by atoms with Crippen molar-refractivity contribution in [3.05, 3.63) is 22.8 Å². The Labute approximate surface area is 92.0 Å². The van der Waals surface area contributed by atoms with E-state index < -0.39 is 5.97 Å². The van der Waals surface area contributed by atoms with Crippen LogP contribution in [0, 0.1) is 13.8 Å². The van der Waals surface area contributed by atoms with Gasteiger partial charge in [0.05, 0.1) is 0 Å². The van der Waals surface area contributed by atoms with Gasteiger partial charge in [-0.05, 0) is 25.8 Å². The molecule has 84 valence electrons. The number of hydrogen-bond donors (Lipinski definition) is 1. The summed E-state index contributed by atoms with van der Waals surface area (Å²) in [6.45, 7) is 5.81. The molecule has 0 saturated heterocycles. The van der Waals surface area contributed by atoms with Crippen LogP contribution in [-0.4, -0.2) is 30.7 Å². The van der Waals surface area contributed by atoms with Gasteiger partial charge in [-0.1, -0.05) is 6.92 Å². The Balaban J connectivity index is 2.78. The third-order valence-corrected chi connectivity index (χ3v) is 2.59. The third-order valence-electron chi connectivity index (χ3n) is 2.59. The molecule has 0 bridgehead atoms. The van der Waals surface area contributed by atoms with Crippen molar-refractivity contribution in [3.63, 3.8) is 0 Å². The molecule has 0 aliphatic carbocycles. The first-order valence-corrected chi connectivity index (χ1v) is 5.00. The first kappa shape index (κ1) is 10.5. The van der Waals surface area contributed by atoms with E-state index in [1.165, 1.54) is 4.52 Å². The molecule has 0 aliphatic heterocycles. The molecule has 0 aromatic carbocycles. The summed E-state index contributed by atoms with van der Waals surface area (Å²) in [5.41, 5.74) is 2.84. The SMILES string of the molecule is CCc1c(C)nc2nc(C(=O)O)nn2c1C. The first-order chi connectivity index (χ1) is 7.54. The highest BCUT2D eigenvalue weighted by Crippen LogP contribution is 2.13. The second-order valence-corrected chi connectivity index (χ2v) is 3.57. The van der Waals surface area contributed by atoms with Crippen molar-refractivity contribution in [2.75, 3.05) is 0 Å². The lowest BCUT2D eigenvalue weighted by Crippen LogP contribution is -2.05. The normalized spacial score (nSPS) is 10.9. The molecule has 1 N–H and O–H groups in total. The maximum atomic E-state index is 10.8. The van der Waals surface area contributed by atoms with Gasteiger partial charge in [-0.25, -0.2) is 14.3 Å². The fraction of sp³-hybridized carbons (Fsp3) is 0.400. The van der Waals surface area contributed by atoms with E-state index in [9.17, 15) is 4.79 Å². The Hall–Kier alpha value is -1.98. The lowest BCUT2D eigenvalue weighted by atomic mass is 10.1. The fourth-order valence-corrected chi connectivity index (χ4v) is 1.81. The summed E-state index contributed by atoms with van der Waals surface area (Å²) in [5, 5.41) is 12.7. The molecule has 0 unspecified atom stereocenters. The zero-order valence-electron chi connectivity index (χ0n) is 9.35. The number of nitrogens with zero attached hydrogens (tertiary/aromatic N) is 4. The van der Waals surface area contributed by atoms with Crippen molar-refractivity contribution in [1.29, 1.82) is 0 Å². The van der Waals surface area contributed by atoms with Crippen LogP contribution in [0.15, 0.2) is 0 Å². The van der Waals surface area contributed by atoms with Crippen molar-refractivity contribution in [3.8, 4) is 0 Å². The molecule has 6 heteroatoms. The molecule has 2 aromatic heterocycles. The first-order valence-electron chi connectivity index (χ1n) is 5.00. The summed E-state index contributed by atoms with van der Waals surface area (Å²) >= 11 is 0. The van der Waals surface area contributed by atoms with Crippen LogP contribution < -0.4 is 0 Å². The van der Waals surface area contributed by atoms with Gasteiger partial charge in [0.1, 0.15) is 0 Å². The Morgan fingerprint density at radius 2 is 2.06 bits per heavy atom. The lowest BCUT2D eigenvalue weighted by molar-refractivity contribution is 0.0684. The summed E-state index contributed by atoms with van der Waals surface area (Å²) in [7, 11) is 0. The highest BCUT2D eigenvalue weighted by Gasteiger charge is 2.15. The zero-order valence-corrected chi connectivity index (χ0v) is 9.35. The van der Waals surface area contributed by atoms with Crippen LogP contribution in [0.1, 0.15) is 34.5 Å². The van der Waals surface area contributed by atoms with E-state index in [1.807, 2.05) is 20.8 Å². The van der Waals surface area contributed by atoms with E-state index in [0.717, 1.165) is 23.4 Å². The number of carbonyl (C=O) groups is 1. The number of hydrogen-bond acceptors (Lipinski definition) is 4. The van der Waals surface area contributed by atoms with E-state index in [-0.39, 0.29) is 5.82 Å². The largest absolute Gasteiger partial charge is 0.475 e. The van der Waals surface area contributed by atoms with Gasteiger partial charge in [-0.3, -0.25) is 0 Å². The van der Waals surface area contributed by atoms with E-state index in [1.54, 1.807) is 0 Å². The molecular formula is C10H12N4O2. The molecule has 0 radical (unpaired) electrons. The summed E-state index contributed by atoms with van der Waals surface area (Å²) in [6.07, 6.45) is 0.836. The summed E-state index contributed by atoms with van der Waals surface area (Å²) in [5.74, 6) is -1.02. The van der Waals surface area contributed by atoms with Crippen molar-refractivity contribution >= 4 is 11.7 Å². The predicted molar refractivity (Wildman–Crippen MR) is 56.6 cm³/mol. The van der Waals surface area contributed by atoms with Crippen LogP contribution in [0.25, 0.3) is 5.78 Å². The number of aromatic carboxylic acids is 1. The number of fused-ring (bicyclic) bond motifs is 1. The fourth-order valence-electron chi connectivity index (χ4n) is 1.81. The molecule has 0 fully saturated rings. The van der Waals surface area contributed by atoms with Gasteiger partial charge in [0.2, 0.25) is 0 Å². The number of aromatic nitrogens is 4. The van der Waals surface area contributed by atoms with Gasteiger partial charge in [0.15, 0.2) is 0 Å². The molecular weight excluding hydrogens is 208 g/mol. The standard InChI is InChI=1S/C10H12N4O2/c1-4-7-5(2)11-10-12-8(9(15)16)13-14(10)6(7)3/h4H2,1-3H3,(H,15,16). The van der Waals surface area contributed by atoms with Gasteiger partial charge < -0.3 is 5.11 Å². The minimum Gasteiger partial charge on any atom is -0.475 e. The maximum Gasteiger partial charge on any atom is 0.375 e. The van der Waals surface area contributed by atoms with Crippen LogP contribution in [0.2, 0.25) is 0 Å². The lowest BCUT2D eigenvalue weighted by Gasteiger charge is -2.06. The van der Waals surface area contributed by atoms with Crippen molar-refractivity contribution < 1.29 is 9.90 Å². The average molecular weight is 220 g/mol. The van der Waals surface area contributed by atoms with Gasteiger partial charge in [0.25, 0.3) is 11.6 Å². The number of aryl methyl sites for hydroxylation is 2. The molecule has 0 spiro atoms. The van der Waals surface area contributed by atoms with Crippen LogP contribution in [-0.2, 0) is 6.42 Å². The van der Waals surface area contributed by atoms with Gasteiger partial charge in [-0.15, -0.1) is 5.10 Å². The Kier molecular flexibility index (Phi) is 2.34. The molecule has 0 saturated carbocycles. The molecule has 6 nitrogen and oxygen atoms in total. The predicted octanol–water partition coefficient (Wildman–Crippen LogP) is 1.00. The van der Waals surface area contributed by atoms with Crippen molar-refractivity contribution in [2.24, 2.45) is 0 Å². The van der Waals surface area contributed by atoms with E-state index in [4.69, 9.17) is 5.11 Å². The van der Waals surface area contributed by atoms with Gasteiger partial charge in [-0.2, -0.15) is 4.98 Å². The highest BCUT2D eigenvalue weighted by molar-refractivity contribution is 5.83. The van der Waals surface area contributed by atoms with Crippen LogP contribution in [0.3, 0.4) is 0 Å². The Morgan fingerprint density at radius 3 is 2.62 bits per heavy atom.